The zero-order valence-electron chi connectivity index (χ0n) is 19.3. The summed E-state index contributed by atoms with van der Waals surface area (Å²) in [6, 6.07) is 4.62. The number of benzene rings is 2. The third kappa shape index (κ3) is 4.62. The molecule has 0 saturated heterocycles. The Bertz CT molecular complexity index is 1350. The molecule has 2 aromatic carbocycles. The van der Waals surface area contributed by atoms with Crippen molar-refractivity contribution >= 4 is 19.7 Å². The first-order valence-corrected chi connectivity index (χ1v) is 14.9. The number of halogens is 5. The maximum absolute atomic E-state index is 15.3. The standard InChI is InChI=1S/C24H25F5O5S2/c1-35(30,31)13-3-5-15-4-2-12-23(18(15)14-34-22-20(26)11-10-19(25)21(22)23)36(32,33)17-8-6-16(7-9-17)24(27,28)29/h6-11,15,18H,2-5,12-14H2,1H3/t15-,18-,23-/m0/s1. The van der Waals surface area contributed by atoms with Crippen molar-refractivity contribution in [3.05, 3.63) is 59.2 Å². The van der Waals surface area contributed by atoms with E-state index in [-0.39, 0.29) is 31.1 Å². The molecule has 2 aromatic rings. The van der Waals surface area contributed by atoms with E-state index in [1.807, 2.05) is 0 Å². The van der Waals surface area contributed by atoms with Gasteiger partial charge in [-0.25, -0.2) is 25.6 Å². The molecule has 36 heavy (non-hydrogen) atoms. The lowest BCUT2D eigenvalue weighted by Gasteiger charge is -2.50. The average Bonchev–Trinajstić information content (AvgIpc) is 2.79. The Kier molecular flexibility index (Phi) is 6.91. The van der Waals surface area contributed by atoms with Crippen LogP contribution in [0.15, 0.2) is 41.3 Å². The Balaban J connectivity index is 1.87. The van der Waals surface area contributed by atoms with E-state index in [0.29, 0.717) is 31.4 Å². The van der Waals surface area contributed by atoms with Gasteiger partial charge in [-0.3, -0.25) is 0 Å². The maximum Gasteiger partial charge on any atom is 0.416 e. The summed E-state index contributed by atoms with van der Waals surface area (Å²) in [5, 5.41) is 0. The SMILES string of the molecule is CS(=O)(=O)CCC[C@@H]1CCC[C@@]2(S(=O)(=O)c3ccc(C(F)(F)F)cc3)c3c(F)ccc(F)c3OC[C@@H]12. The predicted molar refractivity (Wildman–Crippen MR) is 122 cm³/mol. The fraction of sp³-hybridized carbons (Fsp3) is 0.500. The molecule has 2 aliphatic rings. The van der Waals surface area contributed by atoms with Crippen molar-refractivity contribution in [3.63, 3.8) is 0 Å². The molecule has 0 bridgehead atoms. The Morgan fingerprint density at radius 2 is 1.64 bits per heavy atom. The fourth-order valence-electron chi connectivity index (χ4n) is 5.67. The summed E-state index contributed by atoms with van der Waals surface area (Å²) in [5.74, 6) is -3.80. The predicted octanol–water partition coefficient (Wildman–Crippen LogP) is 5.29. The van der Waals surface area contributed by atoms with Gasteiger partial charge in [-0.15, -0.1) is 0 Å². The summed E-state index contributed by atoms with van der Waals surface area (Å²) in [5.41, 5.74) is -1.49. The molecule has 198 valence electrons. The van der Waals surface area contributed by atoms with Crippen LogP contribution in [0.3, 0.4) is 0 Å². The number of fused-ring (bicyclic) bond motifs is 3. The fourth-order valence-corrected chi connectivity index (χ4v) is 8.81. The molecule has 5 nitrogen and oxygen atoms in total. The van der Waals surface area contributed by atoms with Gasteiger partial charge in [-0.05, 0) is 68.0 Å². The molecule has 0 aromatic heterocycles. The number of sulfone groups is 2. The van der Waals surface area contributed by atoms with Crippen LogP contribution in [-0.2, 0) is 30.6 Å². The molecular formula is C24H25F5O5S2. The molecule has 0 spiro atoms. The number of hydrogen-bond acceptors (Lipinski definition) is 5. The van der Waals surface area contributed by atoms with E-state index >= 15 is 4.39 Å². The van der Waals surface area contributed by atoms with Crippen molar-refractivity contribution in [1.29, 1.82) is 0 Å². The van der Waals surface area contributed by atoms with E-state index in [4.69, 9.17) is 4.74 Å². The Morgan fingerprint density at radius 1 is 1.00 bits per heavy atom. The minimum Gasteiger partial charge on any atom is -0.490 e. The molecule has 3 atom stereocenters. The van der Waals surface area contributed by atoms with E-state index in [0.717, 1.165) is 30.5 Å². The zero-order valence-corrected chi connectivity index (χ0v) is 20.9. The molecule has 0 unspecified atom stereocenters. The lowest BCUT2D eigenvalue weighted by Crippen LogP contribution is -2.54. The van der Waals surface area contributed by atoms with E-state index in [1.165, 1.54) is 0 Å². The zero-order chi connectivity index (χ0) is 26.5. The van der Waals surface area contributed by atoms with Crippen molar-refractivity contribution in [3.8, 4) is 5.75 Å². The van der Waals surface area contributed by atoms with Gasteiger partial charge < -0.3 is 4.74 Å². The highest BCUT2D eigenvalue weighted by Crippen LogP contribution is 2.58. The average molecular weight is 553 g/mol. The molecule has 0 amide bonds. The number of hydrogen-bond donors (Lipinski definition) is 0. The number of ether oxygens (including phenoxy) is 1. The topological polar surface area (TPSA) is 77.5 Å². The van der Waals surface area contributed by atoms with Crippen molar-refractivity contribution in [2.24, 2.45) is 11.8 Å². The van der Waals surface area contributed by atoms with Crippen LogP contribution < -0.4 is 4.74 Å². The molecule has 1 aliphatic heterocycles. The summed E-state index contributed by atoms with van der Waals surface area (Å²) in [4.78, 5) is -0.436. The second kappa shape index (κ2) is 9.27. The largest absolute Gasteiger partial charge is 0.490 e. The lowest BCUT2D eigenvalue weighted by molar-refractivity contribution is -0.137. The van der Waals surface area contributed by atoms with E-state index in [2.05, 4.69) is 0 Å². The third-order valence-electron chi connectivity index (χ3n) is 7.24. The van der Waals surface area contributed by atoms with Crippen LogP contribution in [0, 0.1) is 23.5 Å². The molecule has 0 N–H and O–H groups in total. The number of alkyl halides is 3. The smallest absolute Gasteiger partial charge is 0.416 e. The highest BCUT2D eigenvalue weighted by molar-refractivity contribution is 7.92. The van der Waals surface area contributed by atoms with Crippen LogP contribution in [0.5, 0.6) is 5.75 Å². The van der Waals surface area contributed by atoms with Crippen LogP contribution in [0.1, 0.15) is 43.2 Å². The first-order valence-electron chi connectivity index (χ1n) is 11.4. The van der Waals surface area contributed by atoms with Gasteiger partial charge in [0, 0.05) is 17.9 Å². The van der Waals surface area contributed by atoms with E-state index in [9.17, 15) is 34.4 Å². The lowest BCUT2D eigenvalue weighted by atomic mass is 9.66. The molecule has 4 rings (SSSR count). The summed E-state index contributed by atoms with van der Waals surface area (Å²) in [6.07, 6.45) is -2.28. The molecule has 0 radical (unpaired) electrons. The molecular weight excluding hydrogens is 527 g/mol. The summed E-state index contributed by atoms with van der Waals surface area (Å²) in [6.45, 7) is -0.253. The van der Waals surface area contributed by atoms with Crippen molar-refractivity contribution < 1.29 is 43.5 Å². The van der Waals surface area contributed by atoms with E-state index < -0.39 is 69.9 Å². The second-order valence-corrected chi connectivity index (χ2v) is 14.0. The third-order valence-corrected chi connectivity index (χ3v) is 10.8. The Hall–Kier alpha value is -2.21. The number of rotatable bonds is 6. The van der Waals surface area contributed by atoms with Gasteiger partial charge in [0.2, 0.25) is 0 Å². The molecule has 12 heteroatoms. The molecule has 1 fully saturated rings. The molecule has 1 heterocycles. The first-order chi connectivity index (χ1) is 16.7. The van der Waals surface area contributed by atoms with Gasteiger partial charge in [0.15, 0.2) is 21.4 Å². The van der Waals surface area contributed by atoms with Gasteiger partial charge in [0.25, 0.3) is 0 Å². The Morgan fingerprint density at radius 3 is 2.25 bits per heavy atom. The second-order valence-electron chi connectivity index (χ2n) is 9.49. The highest BCUT2D eigenvalue weighted by atomic mass is 32.2. The van der Waals surface area contributed by atoms with Crippen LogP contribution >= 0.6 is 0 Å². The van der Waals surface area contributed by atoms with Gasteiger partial charge in [-0.2, -0.15) is 13.2 Å². The van der Waals surface area contributed by atoms with Crippen molar-refractivity contribution in [1.82, 2.24) is 0 Å². The summed E-state index contributed by atoms with van der Waals surface area (Å²) < 4.78 is 124. The quantitative estimate of drug-likeness (QED) is 0.456. The Labute approximate surface area is 206 Å². The van der Waals surface area contributed by atoms with Crippen molar-refractivity contribution in [2.45, 2.75) is 47.9 Å². The summed E-state index contributed by atoms with van der Waals surface area (Å²) >= 11 is 0. The minimum absolute atomic E-state index is 0.0830. The first kappa shape index (κ1) is 26.8. The normalized spacial score (nSPS) is 24.5. The van der Waals surface area contributed by atoms with Crippen LogP contribution in [0.2, 0.25) is 0 Å². The van der Waals surface area contributed by atoms with Gasteiger partial charge in [0.05, 0.1) is 22.6 Å². The highest BCUT2D eigenvalue weighted by Gasteiger charge is 2.60. The summed E-state index contributed by atoms with van der Waals surface area (Å²) in [7, 11) is -7.83. The van der Waals surface area contributed by atoms with Gasteiger partial charge in [-0.1, -0.05) is 6.42 Å². The maximum atomic E-state index is 15.3. The monoisotopic (exact) mass is 552 g/mol. The van der Waals surface area contributed by atoms with Crippen LogP contribution in [-0.4, -0.2) is 35.5 Å². The van der Waals surface area contributed by atoms with Crippen molar-refractivity contribution in [2.75, 3.05) is 18.6 Å². The minimum atomic E-state index is -4.68. The van der Waals surface area contributed by atoms with Crippen LogP contribution in [0.25, 0.3) is 0 Å². The van der Waals surface area contributed by atoms with Gasteiger partial charge >= 0.3 is 6.18 Å². The van der Waals surface area contributed by atoms with E-state index in [1.54, 1.807) is 0 Å². The molecule has 1 saturated carbocycles. The van der Waals surface area contributed by atoms with Gasteiger partial charge in [0.1, 0.15) is 20.4 Å². The molecule has 1 aliphatic carbocycles. The van der Waals surface area contributed by atoms with Crippen LogP contribution in [0.4, 0.5) is 22.0 Å².